The molecule has 4 aromatic rings. The molecule has 0 saturated carbocycles. The number of amides is 1. The Hall–Kier alpha value is -3.41. The Morgan fingerprint density at radius 2 is 1.88 bits per heavy atom. The molecule has 0 spiro atoms. The first-order valence-electron chi connectivity index (χ1n) is 10.9. The van der Waals surface area contributed by atoms with Gasteiger partial charge in [0.1, 0.15) is 5.82 Å². The highest BCUT2D eigenvalue weighted by molar-refractivity contribution is 7.77. The molecule has 0 aliphatic rings. The molecule has 0 atom stereocenters. The minimum Gasteiger partial charge on any atom is -0.322 e. The summed E-state index contributed by atoms with van der Waals surface area (Å²) in [7, 11) is 0. The van der Waals surface area contributed by atoms with Crippen LogP contribution in [0.2, 0.25) is 5.02 Å². The lowest BCUT2D eigenvalue weighted by atomic mass is 9.97. The van der Waals surface area contributed by atoms with Crippen molar-refractivity contribution < 1.29 is 9.18 Å². The van der Waals surface area contributed by atoms with E-state index in [4.69, 9.17) is 11.6 Å². The summed E-state index contributed by atoms with van der Waals surface area (Å²) in [6, 6.07) is 21.2. The first-order valence-corrected chi connectivity index (χ1v) is 12.1. The molecule has 1 aromatic heterocycles. The number of hydrogen-bond acceptors (Lipinski definition) is 2. The Bertz CT molecular complexity index is 1370. The molecule has 34 heavy (non-hydrogen) atoms. The molecule has 0 radical (unpaired) electrons. The van der Waals surface area contributed by atoms with E-state index in [2.05, 4.69) is 22.6 Å². The minimum absolute atomic E-state index is 0.332. The van der Waals surface area contributed by atoms with Gasteiger partial charge in [0, 0.05) is 52.7 Å². The number of nitrogens with one attached hydrogen (secondary N) is 1. The maximum Gasteiger partial charge on any atom is 0.256 e. The largest absolute Gasteiger partial charge is 0.322 e. The van der Waals surface area contributed by atoms with Gasteiger partial charge in [0.2, 0.25) is 16.2 Å². The zero-order valence-corrected chi connectivity index (χ0v) is 20.4. The van der Waals surface area contributed by atoms with Crippen molar-refractivity contribution in [3.05, 3.63) is 101 Å². The summed E-state index contributed by atoms with van der Waals surface area (Å²) in [4.78, 5) is 18.7. The van der Waals surface area contributed by atoms with Crippen LogP contribution >= 0.6 is 11.6 Å². The maximum absolute atomic E-state index is 14.8. The van der Waals surface area contributed by atoms with E-state index < -0.39 is 0 Å². The maximum atomic E-state index is 14.8. The fourth-order valence-corrected chi connectivity index (χ4v) is 4.47. The molecule has 0 aliphatic heterocycles. The van der Waals surface area contributed by atoms with E-state index in [1.807, 2.05) is 37.3 Å². The van der Waals surface area contributed by atoms with Gasteiger partial charge in [0.15, 0.2) is 5.37 Å². The fraction of sp³-hybridized carbons (Fsp3) is 0.107. The third-order valence-electron chi connectivity index (χ3n) is 5.20. The lowest BCUT2D eigenvalue weighted by Crippen LogP contribution is -2.13. The first kappa shape index (κ1) is 23.7. The number of anilines is 1. The quantitative estimate of drug-likeness (QED) is 0.226. The Morgan fingerprint density at radius 3 is 2.65 bits per heavy atom. The average Bonchev–Trinajstić information content (AvgIpc) is 2.85. The number of carbonyl (C=O) groups excluding carboxylic acids is 1. The molecule has 1 heterocycles. The second-order valence-corrected chi connectivity index (χ2v) is 9.19. The molecular formula is C28H23ClFN2OS+. The van der Waals surface area contributed by atoms with Gasteiger partial charge in [0.05, 0.1) is 10.7 Å². The van der Waals surface area contributed by atoms with E-state index in [1.54, 1.807) is 53.9 Å². The van der Waals surface area contributed by atoms with Gasteiger partial charge in [-0.15, -0.1) is 0 Å². The van der Waals surface area contributed by atoms with Crippen molar-refractivity contribution in [2.24, 2.45) is 0 Å². The summed E-state index contributed by atoms with van der Waals surface area (Å²) in [5.74, 6) is -0.702. The standard InChI is InChI=1S/C28H22ClFN2OS/c1-3-14-34-20-9-10-21(22(17-20)23-15-18(2)7-12-26(23)30)28(33)32-19-8-11-25(29)24(16-19)27-6-4-5-13-31-27/h4-17H,3H2,1-2H3/p+1. The lowest BCUT2D eigenvalue weighted by molar-refractivity contribution is 0.102. The highest BCUT2D eigenvalue weighted by Crippen LogP contribution is 2.32. The molecular weight excluding hydrogens is 467 g/mol. The zero-order chi connectivity index (χ0) is 24.1. The van der Waals surface area contributed by atoms with Gasteiger partial charge < -0.3 is 5.32 Å². The monoisotopic (exact) mass is 489 g/mol. The average molecular weight is 490 g/mol. The summed E-state index contributed by atoms with van der Waals surface area (Å²) in [6.07, 6.45) is 2.59. The van der Waals surface area contributed by atoms with Crippen molar-refractivity contribution in [1.29, 1.82) is 0 Å². The third-order valence-corrected chi connectivity index (χ3v) is 6.55. The van der Waals surface area contributed by atoms with Crippen molar-refractivity contribution in [3.8, 4) is 22.4 Å². The Balaban J connectivity index is 1.74. The summed E-state index contributed by atoms with van der Waals surface area (Å²) in [6.45, 7) is 3.96. The smallest absolute Gasteiger partial charge is 0.256 e. The molecule has 0 aliphatic carbocycles. The highest BCUT2D eigenvalue weighted by Gasteiger charge is 2.19. The van der Waals surface area contributed by atoms with Crippen molar-refractivity contribution in [3.63, 3.8) is 0 Å². The normalized spacial score (nSPS) is 11.1. The predicted molar refractivity (Wildman–Crippen MR) is 141 cm³/mol. The van der Waals surface area contributed by atoms with E-state index in [0.29, 0.717) is 38.7 Å². The Kier molecular flexibility index (Phi) is 7.46. The van der Waals surface area contributed by atoms with E-state index in [0.717, 1.165) is 16.9 Å². The number of hydrogen-bond donors (Lipinski definition) is 1. The Morgan fingerprint density at radius 1 is 1.03 bits per heavy atom. The number of halogens is 2. The molecule has 1 N–H and O–H groups in total. The molecule has 170 valence electrons. The van der Waals surface area contributed by atoms with Crippen molar-refractivity contribution in [2.75, 3.05) is 5.32 Å². The summed E-state index contributed by atoms with van der Waals surface area (Å²) in [5.41, 5.74) is 4.25. The van der Waals surface area contributed by atoms with Gasteiger partial charge in [-0.1, -0.05) is 36.2 Å². The highest BCUT2D eigenvalue weighted by atomic mass is 35.5. The molecule has 6 heteroatoms. The SMILES string of the molecule is CCC=[S+]c1ccc(C(=O)Nc2ccc(Cl)c(-c3ccccn3)c2)c(-c2cc(C)ccc2F)c1. The molecule has 1 amide bonds. The van der Waals surface area contributed by atoms with Crippen LogP contribution < -0.4 is 5.32 Å². The zero-order valence-electron chi connectivity index (χ0n) is 18.8. The van der Waals surface area contributed by atoms with Gasteiger partial charge in [-0.25, -0.2) is 4.39 Å². The van der Waals surface area contributed by atoms with Crippen molar-refractivity contribution in [2.45, 2.75) is 25.2 Å². The molecule has 0 bridgehead atoms. The van der Waals surface area contributed by atoms with Gasteiger partial charge in [0.25, 0.3) is 5.91 Å². The molecule has 0 unspecified atom stereocenters. The number of aromatic nitrogens is 1. The van der Waals surface area contributed by atoms with Crippen LogP contribution in [-0.4, -0.2) is 16.3 Å². The van der Waals surface area contributed by atoms with E-state index >= 15 is 0 Å². The fourth-order valence-electron chi connectivity index (χ4n) is 3.56. The number of aryl methyl sites for hydroxylation is 1. The summed E-state index contributed by atoms with van der Waals surface area (Å²) < 4.78 is 14.8. The van der Waals surface area contributed by atoms with Gasteiger partial charge in [-0.05, 0) is 55.5 Å². The number of pyridine rings is 1. The van der Waals surface area contributed by atoms with E-state index in [-0.39, 0.29) is 11.7 Å². The summed E-state index contributed by atoms with van der Waals surface area (Å²) in [5, 5.41) is 5.54. The van der Waals surface area contributed by atoms with Crippen molar-refractivity contribution in [1.82, 2.24) is 4.98 Å². The topological polar surface area (TPSA) is 42.0 Å². The number of benzene rings is 3. The predicted octanol–water partition coefficient (Wildman–Crippen LogP) is 7.42. The molecule has 3 nitrogen and oxygen atoms in total. The van der Waals surface area contributed by atoms with Gasteiger partial charge in [-0.2, -0.15) is 0 Å². The third kappa shape index (κ3) is 5.38. The van der Waals surface area contributed by atoms with Crippen LogP contribution in [-0.2, 0) is 11.4 Å². The molecule has 4 rings (SSSR count). The number of rotatable bonds is 6. The van der Waals surface area contributed by atoms with Crippen LogP contribution in [0.25, 0.3) is 22.4 Å². The van der Waals surface area contributed by atoms with Crippen LogP contribution in [0.3, 0.4) is 0 Å². The minimum atomic E-state index is -0.370. The van der Waals surface area contributed by atoms with Crippen LogP contribution in [0.1, 0.15) is 29.3 Å². The summed E-state index contributed by atoms with van der Waals surface area (Å²) >= 11 is 7.95. The molecule has 0 saturated heterocycles. The van der Waals surface area contributed by atoms with Gasteiger partial charge in [-0.3, -0.25) is 9.78 Å². The van der Waals surface area contributed by atoms with Crippen molar-refractivity contribution >= 4 is 39.9 Å². The Labute approximate surface area is 207 Å². The first-order chi connectivity index (χ1) is 16.5. The number of carbonyl (C=O) groups is 1. The van der Waals surface area contributed by atoms with Crippen LogP contribution in [0.4, 0.5) is 10.1 Å². The number of nitrogens with zero attached hydrogens (tertiary/aromatic N) is 1. The van der Waals surface area contributed by atoms with Crippen LogP contribution in [0, 0.1) is 12.7 Å². The van der Waals surface area contributed by atoms with Crippen LogP contribution in [0.5, 0.6) is 0 Å². The van der Waals surface area contributed by atoms with Crippen LogP contribution in [0.15, 0.2) is 83.9 Å². The second-order valence-electron chi connectivity index (χ2n) is 7.75. The molecule has 0 fully saturated rings. The second kappa shape index (κ2) is 10.7. The van der Waals surface area contributed by atoms with E-state index in [1.165, 1.54) is 6.07 Å². The van der Waals surface area contributed by atoms with E-state index in [9.17, 15) is 9.18 Å². The van der Waals surface area contributed by atoms with Gasteiger partial charge >= 0.3 is 0 Å². The molecule has 3 aromatic carbocycles. The lowest BCUT2D eigenvalue weighted by Gasteiger charge is -2.13.